The van der Waals surface area contributed by atoms with E-state index in [1.165, 1.54) is 7.05 Å². The smallest absolute Gasteiger partial charge is 0.229 e. The molecule has 17 heavy (non-hydrogen) atoms. The normalized spacial score (nSPS) is 28.9. The molecule has 8 heteroatoms. The third-order valence-electron chi connectivity index (χ3n) is 2.51. The van der Waals surface area contributed by atoms with Crippen LogP contribution in [0.2, 0.25) is 0 Å². The van der Waals surface area contributed by atoms with Crippen molar-refractivity contribution in [3.63, 3.8) is 0 Å². The highest BCUT2D eigenvalue weighted by Crippen LogP contribution is 2.19. The Morgan fingerprint density at radius 2 is 2.41 bits per heavy atom. The quantitative estimate of drug-likeness (QED) is 0.720. The summed E-state index contributed by atoms with van der Waals surface area (Å²) >= 11 is 0. The fraction of sp³-hybridized carbons (Fsp3) is 0.667. The van der Waals surface area contributed by atoms with Gasteiger partial charge in [-0.2, -0.15) is 0 Å². The van der Waals surface area contributed by atoms with Crippen molar-refractivity contribution in [1.82, 2.24) is 0 Å². The molecule has 0 fully saturated rings. The first kappa shape index (κ1) is 13.9. The number of methoxy groups -OCH3 is 1. The van der Waals surface area contributed by atoms with Crippen molar-refractivity contribution in [1.29, 1.82) is 0 Å². The Bertz CT molecular complexity index is 465. The third kappa shape index (κ3) is 2.96. The first-order valence-electron chi connectivity index (χ1n) is 4.96. The van der Waals surface area contributed by atoms with Gasteiger partial charge in [-0.15, -0.1) is 0 Å². The highest BCUT2D eigenvalue weighted by atomic mass is 32.2. The van der Waals surface area contributed by atoms with Gasteiger partial charge in [0.2, 0.25) is 5.90 Å². The zero-order valence-electron chi connectivity index (χ0n) is 10.2. The largest absolute Gasteiger partial charge is 0.474 e. The number of nitrogens with two attached hydrogens (primary N) is 2. The Labute approximate surface area is 101 Å². The Morgan fingerprint density at radius 1 is 1.76 bits per heavy atom. The topological polar surface area (TPSA) is 112 Å². The zero-order chi connectivity index (χ0) is 13.1. The van der Waals surface area contributed by atoms with Crippen LogP contribution in [-0.4, -0.2) is 43.0 Å². The fourth-order valence-electron chi connectivity index (χ4n) is 1.22. The molecule has 0 bridgehead atoms. The van der Waals surface area contributed by atoms with Gasteiger partial charge in [0, 0.05) is 20.4 Å². The van der Waals surface area contributed by atoms with Crippen molar-refractivity contribution < 1.29 is 13.7 Å². The molecule has 4 N–H and O–H groups in total. The summed E-state index contributed by atoms with van der Waals surface area (Å²) in [4.78, 5) is 4.25. The number of nitrogens with zero attached hydrogens (tertiary/aromatic N) is 2. The molecule has 0 aromatic rings. The minimum atomic E-state index is -3.04. The summed E-state index contributed by atoms with van der Waals surface area (Å²) in [6, 6.07) is 0. The van der Waals surface area contributed by atoms with Gasteiger partial charge in [0.05, 0.1) is 6.54 Å². The Morgan fingerprint density at radius 3 is 2.76 bits per heavy atom. The molecular formula is C9H18N4O3S. The van der Waals surface area contributed by atoms with Crippen LogP contribution in [0.5, 0.6) is 0 Å². The Balaban J connectivity index is 3.02. The second kappa shape index (κ2) is 5.03. The van der Waals surface area contributed by atoms with Gasteiger partial charge in [-0.1, -0.05) is 0 Å². The molecular weight excluding hydrogens is 244 g/mol. The van der Waals surface area contributed by atoms with E-state index in [2.05, 4.69) is 9.36 Å². The minimum Gasteiger partial charge on any atom is -0.474 e. The van der Waals surface area contributed by atoms with Crippen molar-refractivity contribution in [2.75, 3.05) is 27.3 Å². The summed E-state index contributed by atoms with van der Waals surface area (Å²) in [6.07, 6.45) is 1.11. The average Bonchev–Trinajstić information content (AvgIpc) is 2.32. The molecule has 0 saturated heterocycles. The van der Waals surface area contributed by atoms with E-state index in [4.69, 9.17) is 20.3 Å². The summed E-state index contributed by atoms with van der Waals surface area (Å²) in [7, 11) is -0.103. The van der Waals surface area contributed by atoms with Crippen molar-refractivity contribution in [3.8, 4) is 0 Å². The van der Waals surface area contributed by atoms with Gasteiger partial charge >= 0.3 is 0 Å². The van der Waals surface area contributed by atoms with Gasteiger partial charge < -0.3 is 15.2 Å². The number of aliphatic imine (C=N–C) groups is 1. The molecule has 98 valence electrons. The summed E-state index contributed by atoms with van der Waals surface area (Å²) in [6.45, 7) is 2.54. The van der Waals surface area contributed by atoms with Gasteiger partial charge in [-0.05, 0) is 6.92 Å². The summed E-state index contributed by atoms with van der Waals surface area (Å²) in [5.41, 5.74) is 4.91. The lowest BCUT2D eigenvalue weighted by atomic mass is 10.1. The molecule has 0 aliphatic carbocycles. The van der Waals surface area contributed by atoms with Crippen molar-refractivity contribution in [2.24, 2.45) is 20.2 Å². The molecule has 1 rings (SSSR count). The predicted molar refractivity (Wildman–Crippen MR) is 66.6 cm³/mol. The second-order valence-corrected chi connectivity index (χ2v) is 5.79. The zero-order valence-corrected chi connectivity index (χ0v) is 11.0. The lowest BCUT2D eigenvalue weighted by Crippen LogP contribution is -2.42. The Hall–Kier alpha value is -1.12. The van der Waals surface area contributed by atoms with Crippen LogP contribution >= 0.6 is 0 Å². The molecule has 0 spiro atoms. The molecule has 1 aliphatic rings. The van der Waals surface area contributed by atoms with Crippen molar-refractivity contribution >= 4 is 15.8 Å². The first-order chi connectivity index (χ1) is 7.88. The highest BCUT2D eigenvalue weighted by Gasteiger charge is 2.31. The van der Waals surface area contributed by atoms with Crippen molar-refractivity contribution in [2.45, 2.75) is 12.5 Å². The number of ether oxygens (including phenoxy) is 2. The monoisotopic (exact) mass is 262 g/mol. The van der Waals surface area contributed by atoms with Gasteiger partial charge in [-0.25, -0.2) is 18.7 Å². The average molecular weight is 262 g/mol. The maximum Gasteiger partial charge on any atom is 0.229 e. The van der Waals surface area contributed by atoms with Crippen LogP contribution in [0.4, 0.5) is 0 Å². The SMILES string of the molecule is CN=S(N)(=O)/C(=C/N)C1=NCC(C)(OC)CO1. The van der Waals surface area contributed by atoms with E-state index < -0.39 is 15.5 Å². The third-order valence-corrected chi connectivity index (χ3v) is 4.00. The van der Waals surface area contributed by atoms with E-state index in [1.54, 1.807) is 7.11 Å². The van der Waals surface area contributed by atoms with E-state index in [0.717, 1.165) is 6.20 Å². The molecule has 2 unspecified atom stereocenters. The summed E-state index contributed by atoms with van der Waals surface area (Å²) < 4.78 is 26.1. The molecule has 0 aromatic carbocycles. The number of rotatable bonds is 3. The van der Waals surface area contributed by atoms with E-state index >= 15 is 0 Å². The van der Waals surface area contributed by atoms with Gasteiger partial charge in [0.25, 0.3) is 0 Å². The number of hydrogen-bond acceptors (Lipinski definition) is 6. The molecule has 1 heterocycles. The fourth-order valence-corrected chi connectivity index (χ4v) is 1.98. The Kier molecular flexibility index (Phi) is 4.12. The molecule has 0 aromatic heterocycles. The standard InChI is InChI=1S/C9H18N4O3S/c1-9(15-3)5-13-8(16-6-9)7(4-10)17(11,14)12-2/h4H,5-6,10H2,1-3H3,(H2,11,12,14)/b7-4+. The molecule has 0 amide bonds. The van der Waals surface area contributed by atoms with Gasteiger partial charge in [0.1, 0.15) is 27.0 Å². The second-order valence-electron chi connectivity index (χ2n) is 3.85. The lowest BCUT2D eigenvalue weighted by molar-refractivity contribution is -0.0338. The molecule has 0 radical (unpaired) electrons. The predicted octanol–water partition coefficient (Wildman–Crippen LogP) is -0.408. The molecule has 2 atom stereocenters. The molecule has 0 saturated carbocycles. The van der Waals surface area contributed by atoms with E-state index in [9.17, 15) is 4.21 Å². The highest BCUT2D eigenvalue weighted by molar-refractivity contribution is 7.96. The maximum atomic E-state index is 11.9. The molecule has 7 nitrogen and oxygen atoms in total. The van der Waals surface area contributed by atoms with Crippen LogP contribution in [0.1, 0.15) is 6.92 Å². The summed E-state index contributed by atoms with van der Waals surface area (Å²) in [5, 5.41) is 5.52. The van der Waals surface area contributed by atoms with Gasteiger partial charge in [0.15, 0.2) is 0 Å². The maximum absolute atomic E-state index is 11.9. The first-order valence-corrected chi connectivity index (χ1v) is 6.54. The minimum absolute atomic E-state index is 0.109. The number of hydrogen-bond donors (Lipinski definition) is 2. The summed E-state index contributed by atoms with van der Waals surface area (Å²) in [5.74, 6) is 0.167. The van der Waals surface area contributed by atoms with Crippen LogP contribution in [0, 0.1) is 0 Å². The van der Waals surface area contributed by atoms with E-state index in [-0.39, 0.29) is 10.8 Å². The van der Waals surface area contributed by atoms with Crippen LogP contribution in [-0.2, 0) is 19.4 Å². The van der Waals surface area contributed by atoms with Crippen LogP contribution in [0.3, 0.4) is 0 Å². The van der Waals surface area contributed by atoms with E-state index in [1.807, 2.05) is 6.92 Å². The van der Waals surface area contributed by atoms with E-state index in [0.29, 0.717) is 13.2 Å². The van der Waals surface area contributed by atoms with Crippen LogP contribution in [0.15, 0.2) is 20.5 Å². The van der Waals surface area contributed by atoms with Crippen LogP contribution < -0.4 is 10.9 Å². The lowest BCUT2D eigenvalue weighted by Gasteiger charge is -2.31. The molecule has 1 aliphatic heterocycles. The van der Waals surface area contributed by atoms with Crippen molar-refractivity contribution in [3.05, 3.63) is 11.1 Å². The van der Waals surface area contributed by atoms with Crippen LogP contribution in [0.25, 0.3) is 0 Å². The van der Waals surface area contributed by atoms with Gasteiger partial charge in [-0.3, -0.25) is 0 Å².